The minimum Gasteiger partial charge on any atom is -0.481 e. The van der Waals surface area contributed by atoms with Crippen molar-refractivity contribution in [3.8, 4) is 0 Å². The van der Waals surface area contributed by atoms with Crippen molar-refractivity contribution in [1.29, 1.82) is 0 Å². The summed E-state index contributed by atoms with van der Waals surface area (Å²) in [6.45, 7) is 0.211. The van der Waals surface area contributed by atoms with Crippen LogP contribution in [0.1, 0.15) is 30.3 Å². The van der Waals surface area contributed by atoms with E-state index in [2.05, 4.69) is 15.6 Å². The number of benzene rings is 1. The van der Waals surface area contributed by atoms with Gasteiger partial charge in [-0.25, -0.2) is 14.2 Å². The summed E-state index contributed by atoms with van der Waals surface area (Å²) in [4.78, 5) is 26.7. The Morgan fingerprint density at radius 1 is 1.38 bits per heavy atom. The zero-order valence-electron chi connectivity index (χ0n) is 13.2. The molecule has 0 saturated carbocycles. The molecule has 0 aliphatic carbocycles. The van der Waals surface area contributed by atoms with Crippen LogP contribution in [0.15, 0.2) is 36.7 Å². The summed E-state index contributed by atoms with van der Waals surface area (Å²) in [7, 11) is 1.75. The number of halogens is 1. The molecule has 0 saturated heterocycles. The van der Waals surface area contributed by atoms with Gasteiger partial charge in [0.1, 0.15) is 17.7 Å². The highest BCUT2D eigenvalue weighted by atomic mass is 19.1. The van der Waals surface area contributed by atoms with E-state index in [0.717, 1.165) is 0 Å². The van der Waals surface area contributed by atoms with Gasteiger partial charge in [0.2, 0.25) is 0 Å². The molecule has 24 heavy (non-hydrogen) atoms. The number of nitrogens with zero attached hydrogens (tertiary/aromatic N) is 2. The van der Waals surface area contributed by atoms with Crippen molar-refractivity contribution in [1.82, 2.24) is 20.2 Å². The number of aliphatic carboxylic acids is 1. The van der Waals surface area contributed by atoms with E-state index in [4.69, 9.17) is 5.11 Å². The van der Waals surface area contributed by atoms with Gasteiger partial charge in [-0.05, 0) is 12.5 Å². The van der Waals surface area contributed by atoms with Crippen LogP contribution in [0.2, 0.25) is 0 Å². The monoisotopic (exact) mass is 334 g/mol. The number of carboxylic acid groups (broad SMARTS) is 1. The third-order valence-electron chi connectivity index (χ3n) is 3.46. The molecule has 0 aliphatic heterocycles. The summed E-state index contributed by atoms with van der Waals surface area (Å²) in [5.74, 6) is -0.882. The van der Waals surface area contributed by atoms with Gasteiger partial charge >= 0.3 is 12.0 Å². The number of aryl methyl sites for hydroxylation is 1. The average Bonchev–Trinajstić information content (AvgIpc) is 2.96. The average molecular weight is 334 g/mol. The molecule has 0 bridgehead atoms. The predicted molar refractivity (Wildman–Crippen MR) is 84.9 cm³/mol. The van der Waals surface area contributed by atoms with Gasteiger partial charge in [-0.15, -0.1) is 0 Å². The SMILES string of the molecule is Cn1ccnc1C(NC(=O)NCCCC(=O)O)c1ccccc1F. The third kappa shape index (κ3) is 4.55. The second kappa shape index (κ2) is 8.09. The lowest BCUT2D eigenvalue weighted by molar-refractivity contribution is -0.137. The Balaban J connectivity index is 2.10. The number of imidazole rings is 1. The van der Waals surface area contributed by atoms with Crippen LogP contribution >= 0.6 is 0 Å². The second-order valence-electron chi connectivity index (χ2n) is 5.25. The zero-order chi connectivity index (χ0) is 17.5. The Morgan fingerprint density at radius 3 is 2.75 bits per heavy atom. The fourth-order valence-electron chi connectivity index (χ4n) is 2.27. The number of rotatable bonds is 7. The smallest absolute Gasteiger partial charge is 0.315 e. The molecule has 2 aromatic rings. The number of hydrogen-bond donors (Lipinski definition) is 3. The van der Waals surface area contributed by atoms with E-state index in [0.29, 0.717) is 17.8 Å². The predicted octanol–water partition coefficient (Wildman–Crippen LogP) is 1.81. The van der Waals surface area contributed by atoms with E-state index >= 15 is 0 Å². The molecule has 1 atom stereocenters. The summed E-state index contributed by atoms with van der Waals surface area (Å²) >= 11 is 0. The van der Waals surface area contributed by atoms with Gasteiger partial charge in [0, 0.05) is 38.0 Å². The van der Waals surface area contributed by atoms with Gasteiger partial charge in [-0.1, -0.05) is 18.2 Å². The Bertz CT molecular complexity index is 717. The Labute approximate surface area is 138 Å². The van der Waals surface area contributed by atoms with Crippen molar-refractivity contribution in [3.63, 3.8) is 0 Å². The molecule has 1 heterocycles. The van der Waals surface area contributed by atoms with Crippen LogP contribution in [-0.4, -0.2) is 33.2 Å². The van der Waals surface area contributed by atoms with Crippen LogP contribution < -0.4 is 10.6 Å². The quantitative estimate of drug-likeness (QED) is 0.673. The van der Waals surface area contributed by atoms with Crippen molar-refractivity contribution in [2.75, 3.05) is 6.54 Å². The van der Waals surface area contributed by atoms with E-state index in [-0.39, 0.29) is 13.0 Å². The molecule has 0 fully saturated rings. The number of nitrogens with one attached hydrogen (secondary N) is 2. The normalized spacial score (nSPS) is 11.8. The molecule has 2 rings (SSSR count). The van der Waals surface area contributed by atoms with Gasteiger partial charge in [0.05, 0.1) is 0 Å². The van der Waals surface area contributed by atoms with Crippen LogP contribution in [0, 0.1) is 5.82 Å². The highest BCUT2D eigenvalue weighted by Crippen LogP contribution is 2.22. The number of carboxylic acids is 1. The van der Waals surface area contributed by atoms with Gasteiger partial charge in [0.15, 0.2) is 0 Å². The molecule has 2 amide bonds. The van der Waals surface area contributed by atoms with E-state index in [1.807, 2.05) is 0 Å². The van der Waals surface area contributed by atoms with Crippen LogP contribution in [0.3, 0.4) is 0 Å². The summed E-state index contributed by atoms with van der Waals surface area (Å²) in [5.41, 5.74) is 0.299. The van der Waals surface area contributed by atoms with Crippen LogP contribution in [0.4, 0.5) is 9.18 Å². The second-order valence-corrected chi connectivity index (χ2v) is 5.25. The number of urea groups is 1. The fraction of sp³-hybridized carbons (Fsp3) is 0.312. The number of amides is 2. The van der Waals surface area contributed by atoms with Gasteiger partial charge < -0.3 is 20.3 Å². The van der Waals surface area contributed by atoms with E-state index < -0.39 is 23.9 Å². The largest absolute Gasteiger partial charge is 0.481 e. The maximum absolute atomic E-state index is 14.1. The standard InChI is InChI=1S/C16H19FN4O3/c1-21-10-9-18-15(21)14(11-5-2-3-6-12(11)17)20-16(24)19-8-4-7-13(22)23/h2-3,5-6,9-10,14H,4,7-8H2,1H3,(H,22,23)(H2,19,20,24). The minimum absolute atomic E-state index is 0.0314. The molecular formula is C16H19FN4O3. The Morgan fingerprint density at radius 2 is 2.12 bits per heavy atom. The summed E-state index contributed by atoms with van der Waals surface area (Å²) in [6.07, 6.45) is 3.55. The highest BCUT2D eigenvalue weighted by molar-refractivity contribution is 5.75. The number of aromatic nitrogens is 2. The van der Waals surface area contributed by atoms with Gasteiger partial charge in [0.25, 0.3) is 0 Å². The summed E-state index contributed by atoms with van der Waals surface area (Å²) in [6, 6.07) is 4.88. The lowest BCUT2D eigenvalue weighted by atomic mass is 10.1. The van der Waals surface area contributed by atoms with Gasteiger partial charge in [-0.2, -0.15) is 0 Å². The van der Waals surface area contributed by atoms with E-state index in [9.17, 15) is 14.0 Å². The molecule has 1 aromatic carbocycles. The molecule has 1 unspecified atom stereocenters. The molecule has 3 N–H and O–H groups in total. The van der Waals surface area contributed by atoms with Crippen molar-refractivity contribution in [2.24, 2.45) is 7.05 Å². The van der Waals surface area contributed by atoms with Crippen molar-refractivity contribution < 1.29 is 19.1 Å². The Kier molecular flexibility index (Phi) is 5.89. The van der Waals surface area contributed by atoms with Crippen molar-refractivity contribution in [3.05, 3.63) is 53.9 Å². The number of hydrogen-bond acceptors (Lipinski definition) is 3. The first-order valence-corrected chi connectivity index (χ1v) is 7.47. The van der Waals surface area contributed by atoms with Crippen LogP contribution in [0.25, 0.3) is 0 Å². The minimum atomic E-state index is -0.922. The fourth-order valence-corrected chi connectivity index (χ4v) is 2.27. The molecule has 0 aliphatic rings. The first-order valence-electron chi connectivity index (χ1n) is 7.47. The van der Waals surface area contributed by atoms with Gasteiger partial charge in [-0.3, -0.25) is 4.79 Å². The summed E-state index contributed by atoms with van der Waals surface area (Å²) < 4.78 is 15.8. The van der Waals surface area contributed by atoms with Crippen molar-refractivity contribution >= 4 is 12.0 Å². The number of carbonyl (C=O) groups excluding carboxylic acids is 1. The van der Waals surface area contributed by atoms with Crippen LogP contribution in [0.5, 0.6) is 0 Å². The molecule has 8 heteroatoms. The molecule has 1 aromatic heterocycles. The maximum atomic E-state index is 14.1. The molecule has 7 nitrogen and oxygen atoms in total. The van der Waals surface area contributed by atoms with Crippen LogP contribution in [-0.2, 0) is 11.8 Å². The third-order valence-corrected chi connectivity index (χ3v) is 3.46. The topological polar surface area (TPSA) is 96.3 Å². The number of carbonyl (C=O) groups is 2. The van der Waals surface area contributed by atoms with E-state index in [1.165, 1.54) is 6.07 Å². The van der Waals surface area contributed by atoms with E-state index in [1.54, 1.807) is 42.2 Å². The maximum Gasteiger partial charge on any atom is 0.315 e. The molecule has 0 spiro atoms. The molecule has 0 radical (unpaired) electrons. The Hall–Kier alpha value is -2.90. The molecule has 128 valence electrons. The highest BCUT2D eigenvalue weighted by Gasteiger charge is 2.23. The van der Waals surface area contributed by atoms with Crippen molar-refractivity contribution in [2.45, 2.75) is 18.9 Å². The first kappa shape index (κ1) is 17.5. The summed E-state index contributed by atoms with van der Waals surface area (Å²) in [5, 5.41) is 13.8. The first-order chi connectivity index (χ1) is 11.5. The lowest BCUT2D eigenvalue weighted by Crippen LogP contribution is -2.40. The zero-order valence-corrected chi connectivity index (χ0v) is 13.2. The molecular weight excluding hydrogens is 315 g/mol. The lowest BCUT2D eigenvalue weighted by Gasteiger charge is -2.20.